The van der Waals surface area contributed by atoms with Crippen molar-refractivity contribution in [2.24, 2.45) is 0 Å². The maximum atomic E-state index is 13.3. The molecule has 0 bridgehead atoms. The van der Waals surface area contributed by atoms with Gasteiger partial charge in [0.15, 0.2) is 11.5 Å². The summed E-state index contributed by atoms with van der Waals surface area (Å²) in [6.07, 6.45) is 1.56. The van der Waals surface area contributed by atoms with Gasteiger partial charge in [0, 0.05) is 12.6 Å². The van der Waals surface area contributed by atoms with Gasteiger partial charge in [-0.15, -0.1) is 0 Å². The second kappa shape index (κ2) is 9.15. The van der Waals surface area contributed by atoms with Gasteiger partial charge in [-0.2, -0.15) is 12.7 Å². The second-order valence-corrected chi connectivity index (χ2v) is 10.4. The summed E-state index contributed by atoms with van der Waals surface area (Å²) in [6, 6.07) is 11.2. The highest BCUT2D eigenvalue weighted by molar-refractivity contribution is 7.89. The minimum absolute atomic E-state index is 0.0179. The molecule has 1 unspecified atom stereocenters. The first-order chi connectivity index (χ1) is 13.5. The largest absolute Gasteiger partial charge is 0.493 e. The third-order valence-corrected chi connectivity index (χ3v) is 6.97. The van der Waals surface area contributed by atoms with E-state index in [-0.39, 0.29) is 29.0 Å². The molecule has 160 valence electrons. The molecule has 0 aliphatic rings. The summed E-state index contributed by atoms with van der Waals surface area (Å²) in [5.41, 5.74) is 1.55. The third kappa shape index (κ3) is 5.94. The molecule has 0 amide bonds. The summed E-state index contributed by atoms with van der Waals surface area (Å²) in [6.45, 7) is 5.70. The van der Waals surface area contributed by atoms with E-state index in [0.717, 1.165) is 11.8 Å². The Morgan fingerprint density at radius 2 is 1.62 bits per heavy atom. The van der Waals surface area contributed by atoms with Crippen molar-refractivity contribution >= 4 is 20.1 Å². The van der Waals surface area contributed by atoms with Crippen LogP contribution in [-0.4, -0.2) is 40.5 Å². The molecule has 9 heteroatoms. The molecule has 0 spiro atoms. The maximum absolute atomic E-state index is 13.3. The van der Waals surface area contributed by atoms with Gasteiger partial charge in [0.05, 0.1) is 18.3 Å². The van der Waals surface area contributed by atoms with E-state index in [9.17, 15) is 16.8 Å². The number of hydrogen-bond acceptors (Lipinski definition) is 6. The predicted molar refractivity (Wildman–Crippen MR) is 112 cm³/mol. The summed E-state index contributed by atoms with van der Waals surface area (Å²) >= 11 is 0. The van der Waals surface area contributed by atoms with E-state index in [0.29, 0.717) is 12.0 Å². The molecule has 0 fully saturated rings. The third-order valence-electron chi connectivity index (χ3n) is 4.52. The van der Waals surface area contributed by atoms with Crippen molar-refractivity contribution in [1.82, 2.24) is 4.31 Å². The molecule has 2 aromatic carbocycles. The summed E-state index contributed by atoms with van der Waals surface area (Å²) in [4.78, 5) is 0.213. The monoisotopic (exact) mass is 441 g/mol. The molecule has 2 aromatic rings. The lowest BCUT2D eigenvalue weighted by Crippen LogP contribution is -2.37. The van der Waals surface area contributed by atoms with Gasteiger partial charge < -0.3 is 8.92 Å². The fourth-order valence-electron chi connectivity index (χ4n) is 2.75. The average molecular weight is 442 g/mol. The van der Waals surface area contributed by atoms with Crippen molar-refractivity contribution in [3.63, 3.8) is 0 Å². The molecule has 1 atom stereocenters. The maximum Gasteiger partial charge on any atom is 0.306 e. The van der Waals surface area contributed by atoms with Crippen LogP contribution in [0.5, 0.6) is 11.5 Å². The first-order valence-electron chi connectivity index (χ1n) is 9.12. The second-order valence-electron chi connectivity index (χ2n) is 6.89. The molecule has 0 aliphatic heterocycles. The fourth-order valence-corrected chi connectivity index (χ4v) is 4.90. The van der Waals surface area contributed by atoms with Crippen LogP contribution in [0.4, 0.5) is 0 Å². The van der Waals surface area contributed by atoms with Crippen LogP contribution < -0.4 is 8.92 Å². The van der Waals surface area contributed by atoms with Gasteiger partial charge >= 0.3 is 10.1 Å². The number of rotatable bonds is 9. The number of methoxy groups -OCH3 is 1. The Bertz CT molecular complexity index is 1050. The van der Waals surface area contributed by atoms with E-state index in [1.165, 1.54) is 17.5 Å². The first kappa shape index (κ1) is 23.2. The molecule has 0 aliphatic carbocycles. The number of sulfonamides is 1. The van der Waals surface area contributed by atoms with Crippen LogP contribution in [0.1, 0.15) is 31.4 Å². The van der Waals surface area contributed by atoms with Crippen LogP contribution in [0.15, 0.2) is 47.4 Å². The quantitative estimate of drug-likeness (QED) is 0.555. The van der Waals surface area contributed by atoms with Gasteiger partial charge in [0.1, 0.15) is 0 Å². The molecule has 7 nitrogen and oxygen atoms in total. The zero-order chi connectivity index (χ0) is 21.8. The van der Waals surface area contributed by atoms with Crippen molar-refractivity contribution in [3.05, 3.63) is 53.6 Å². The van der Waals surface area contributed by atoms with Crippen molar-refractivity contribution in [1.29, 1.82) is 0 Å². The average Bonchev–Trinajstić information content (AvgIpc) is 2.64. The normalized spacial score (nSPS) is 13.3. The van der Waals surface area contributed by atoms with Crippen molar-refractivity contribution < 1.29 is 25.8 Å². The van der Waals surface area contributed by atoms with Gasteiger partial charge in [-0.3, -0.25) is 0 Å². The number of hydrogen-bond donors (Lipinski definition) is 0. The lowest BCUT2D eigenvalue weighted by atomic mass is 10.2. The Kier molecular flexibility index (Phi) is 7.31. The van der Waals surface area contributed by atoms with Gasteiger partial charge in [0.2, 0.25) is 10.0 Å². The van der Waals surface area contributed by atoms with Gasteiger partial charge in [0.25, 0.3) is 0 Å². The van der Waals surface area contributed by atoms with Gasteiger partial charge in [-0.05, 0) is 50.1 Å². The molecule has 0 saturated carbocycles. The topological polar surface area (TPSA) is 90.0 Å². The number of ether oxygens (including phenoxy) is 1. The molecule has 0 N–H and O–H groups in total. The Morgan fingerprint density at radius 3 is 2.14 bits per heavy atom. The highest BCUT2D eigenvalue weighted by Gasteiger charge is 2.29. The molecule has 0 aromatic heterocycles. The van der Waals surface area contributed by atoms with Crippen LogP contribution in [-0.2, 0) is 26.7 Å². The molecule has 0 heterocycles. The van der Waals surface area contributed by atoms with Crippen LogP contribution >= 0.6 is 0 Å². The van der Waals surface area contributed by atoms with Crippen molar-refractivity contribution in [3.8, 4) is 11.5 Å². The first-order valence-corrected chi connectivity index (χ1v) is 12.4. The number of nitrogens with zero attached hydrogens (tertiary/aromatic N) is 1. The number of benzene rings is 2. The minimum Gasteiger partial charge on any atom is -0.493 e. The molecule has 0 saturated heterocycles. The molecule has 2 rings (SSSR count). The summed E-state index contributed by atoms with van der Waals surface area (Å²) < 4.78 is 61.2. The Balaban J connectivity index is 2.45. The lowest BCUT2D eigenvalue weighted by Gasteiger charge is -2.28. The van der Waals surface area contributed by atoms with Crippen LogP contribution in [0.25, 0.3) is 0 Å². The molecular weight excluding hydrogens is 414 g/mol. The van der Waals surface area contributed by atoms with Crippen molar-refractivity contribution in [2.45, 2.75) is 44.7 Å². The summed E-state index contributed by atoms with van der Waals surface area (Å²) in [7, 11) is -6.11. The summed E-state index contributed by atoms with van der Waals surface area (Å²) in [5.74, 6) is 0.264. The standard InChI is InChI=1S/C20H27NO6S2/c1-6-16(3)21(29(24,25)18-10-7-15(2)8-11-18)14-17-9-12-19(26-4)20(13-17)27-28(5,22)23/h7-13,16H,6,14H2,1-5H3. The fraction of sp³-hybridized carbons (Fsp3) is 0.400. The lowest BCUT2D eigenvalue weighted by molar-refractivity contribution is 0.322. The van der Waals surface area contributed by atoms with E-state index < -0.39 is 20.1 Å². The van der Waals surface area contributed by atoms with E-state index in [1.54, 1.807) is 36.4 Å². The zero-order valence-electron chi connectivity index (χ0n) is 17.2. The zero-order valence-corrected chi connectivity index (χ0v) is 18.9. The minimum atomic E-state index is -3.76. The SMILES string of the molecule is CCC(C)N(Cc1ccc(OC)c(OS(C)(=O)=O)c1)S(=O)(=O)c1ccc(C)cc1. The van der Waals surface area contributed by atoms with Crippen LogP contribution in [0.3, 0.4) is 0 Å². The Hall–Kier alpha value is -2.10. The van der Waals surface area contributed by atoms with Gasteiger partial charge in [-0.1, -0.05) is 30.7 Å². The van der Waals surface area contributed by atoms with E-state index in [4.69, 9.17) is 8.92 Å². The molecule has 29 heavy (non-hydrogen) atoms. The van der Waals surface area contributed by atoms with Crippen molar-refractivity contribution in [2.75, 3.05) is 13.4 Å². The van der Waals surface area contributed by atoms with Crippen LogP contribution in [0, 0.1) is 6.92 Å². The van der Waals surface area contributed by atoms with E-state index in [2.05, 4.69) is 0 Å². The van der Waals surface area contributed by atoms with Crippen LogP contribution in [0.2, 0.25) is 0 Å². The van der Waals surface area contributed by atoms with Gasteiger partial charge in [-0.25, -0.2) is 8.42 Å². The Labute approximate surface area is 173 Å². The summed E-state index contributed by atoms with van der Waals surface area (Å²) in [5, 5.41) is 0. The predicted octanol–water partition coefficient (Wildman–Crippen LogP) is 3.33. The highest BCUT2D eigenvalue weighted by Crippen LogP contribution is 2.31. The van der Waals surface area contributed by atoms with E-state index >= 15 is 0 Å². The number of aryl methyl sites for hydroxylation is 1. The van der Waals surface area contributed by atoms with E-state index in [1.807, 2.05) is 20.8 Å². The smallest absolute Gasteiger partial charge is 0.306 e. The highest BCUT2D eigenvalue weighted by atomic mass is 32.2. The Morgan fingerprint density at radius 1 is 1.00 bits per heavy atom. The molecule has 0 radical (unpaired) electrons. The molecular formula is C20H27NO6S2.